The maximum absolute atomic E-state index is 13.9. The third kappa shape index (κ3) is 4.80. The summed E-state index contributed by atoms with van der Waals surface area (Å²) in [7, 11) is 0. The molecule has 6 atom stereocenters. The minimum Gasteiger partial charge on any atom is -0.396 e. The number of amides is 3. The van der Waals surface area contributed by atoms with E-state index in [9.17, 15) is 19.5 Å². The molecule has 3 aliphatic rings. The van der Waals surface area contributed by atoms with E-state index < -0.39 is 22.6 Å². The van der Waals surface area contributed by atoms with Crippen LogP contribution in [0.25, 0.3) is 0 Å². The standard InChI is InChI=1S/C27H29BrClN3O4S/c28-17-14-27-21(20(22(17)37-27)24(34)30-15-16-8-2-1-3-9-16)26(36)32(12-6-7-13-33)23(27)25(35)31-19-11-5-4-10-18(19)29/h1-5,8-11,17,20-23,33H,6-7,12-15H2,(H,30,34)(H,31,35)/t17?,20-,21+,22-,23?,27?/m1/s1. The molecule has 37 heavy (non-hydrogen) atoms. The van der Waals surface area contributed by atoms with Crippen LogP contribution in [0.3, 0.4) is 0 Å². The summed E-state index contributed by atoms with van der Waals surface area (Å²) < 4.78 is -0.727. The van der Waals surface area contributed by atoms with Crippen LogP contribution in [0.15, 0.2) is 54.6 Å². The van der Waals surface area contributed by atoms with Crippen LogP contribution in [0.5, 0.6) is 0 Å². The summed E-state index contributed by atoms with van der Waals surface area (Å²) >= 11 is 11.7. The smallest absolute Gasteiger partial charge is 0.248 e. The van der Waals surface area contributed by atoms with Crippen LogP contribution in [0.1, 0.15) is 24.8 Å². The number of aliphatic hydroxyl groups excluding tert-OH is 1. The lowest BCUT2D eigenvalue weighted by Crippen LogP contribution is -2.53. The quantitative estimate of drug-likeness (QED) is 0.298. The van der Waals surface area contributed by atoms with Gasteiger partial charge < -0.3 is 20.6 Å². The Balaban J connectivity index is 1.44. The number of unbranched alkanes of at least 4 members (excludes halogenated alkanes) is 1. The molecule has 3 amide bonds. The van der Waals surface area contributed by atoms with Crippen LogP contribution in [-0.4, -0.2) is 61.7 Å². The Morgan fingerprint density at radius 1 is 1.11 bits per heavy atom. The van der Waals surface area contributed by atoms with Gasteiger partial charge in [-0.05, 0) is 37.0 Å². The van der Waals surface area contributed by atoms with Crippen LogP contribution >= 0.6 is 39.3 Å². The predicted molar refractivity (Wildman–Crippen MR) is 149 cm³/mol. The number of benzene rings is 2. The highest BCUT2D eigenvalue weighted by Gasteiger charge is 2.75. The number of fused-ring (bicyclic) bond motifs is 1. The Morgan fingerprint density at radius 3 is 2.57 bits per heavy atom. The van der Waals surface area contributed by atoms with Crippen molar-refractivity contribution in [2.75, 3.05) is 18.5 Å². The largest absolute Gasteiger partial charge is 0.396 e. The summed E-state index contributed by atoms with van der Waals surface area (Å²) in [6, 6.07) is 15.9. The number of hydrogen-bond donors (Lipinski definition) is 3. The Labute approximate surface area is 233 Å². The van der Waals surface area contributed by atoms with Crippen molar-refractivity contribution < 1.29 is 19.5 Å². The molecule has 196 valence electrons. The highest BCUT2D eigenvalue weighted by Crippen LogP contribution is 2.67. The molecule has 2 aromatic rings. The molecule has 3 unspecified atom stereocenters. The molecule has 2 bridgehead atoms. The molecular formula is C27H29BrClN3O4S. The number of rotatable bonds is 9. The van der Waals surface area contributed by atoms with Crippen molar-refractivity contribution in [1.82, 2.24) is 10.2 Å². The van der Waals surface area contributed by atoms with Gasteiger partial charge in [0.25, 0.3) is 0 Å². The second kappa shape index (κ2) is 11.0. The molecule has 3 aliphatic heterocycles. The first-order valence-corrected chi connectivity index (χ1v) is 14.6. The van der Waals surface area contributed by atoms with E-state index in [1.54, 1.807) is 40.9 Å². The van der Waals surface area contributed by atoms with E-state index in [2.05, 4.69) is 26.6 Å². The Kier molecular flexibility index (Phi) is 7.86. The van der Waals surface area contributed by atoms with Gasteiger partial charge in [-0.25, -0.2) is 0 Å². The number of thioether (sulfide) groups is 1. The Morgan fingerprint density at radius 2 is 1.84 bits per heavy atom. The first kappa shape index (κ1) is 26.5. The van der Waals surface area contributed by atoms with Crippen molar-refractivity contribution in [2.45, 2.75) is 46.7 Å². The van der Waals surface area contributed by atoms with Crippen molar-refractivity contribution in [3.05, 3.63) is 65.2 Å². The number of para-hydroxylation sites is 1. The van der Waals surface area contributed by atoms with Crippen molar-refractivity contribution in [2.24, 2.45) is 11.8 Å². The van der Waals surface area contributed by atoms with Crippen molar-refractivity contribution in [3.8, 4) is 0 Å². The number of carbonyl (C=O) groups is 3. The Bertz CT molecular complexity index is 1190. The topological polar surface area (TPSA) is 98.7 Å². The molecule has 5 rings (SSSR count). The molecule has 3 heterocycles. The highest BCUT2D eigenvalue weighted by molar-refractivity contribution is 9.09. The van der Waals surface area contributed by atoms with Gasteiger partial charge >= 0.3 is 0 Å². The van der Waals surface area contributed by atoms with Gasteiger partial charge in [0, 0.05) is 29.8 Å². The zero-order valence-electron chi connectivity index (χ0n) is 20.1. The third-order valence-corrected chi connectivity index (χ3v) is 11.1. The minimum atomic E-state index is -0.748. The number of nitrogens with one attached hydrogen (secondary N) is 2. The number of carbonyl (C=O) groups excluding carboxylic acids is 3. The lowest BCUT2D eigenvalue weighted by molar-refractivity contribution is -0.139. The van der Waals surface area contributed by atoms with Gasteiger partial charge in [0.1, 0.15) is 6.04 Å². The van der Waals surface area contributed by atoms with Gasteiger partial charge in [0.05, 0.1) is 27.3 Å². The summed E-state index contributed by atoms with van der Waals surface area (Å²) in [5.74, 6) is -1.76. The van der Waals surface area contributed by atoms with Crippen LogP contribution < -0.4 is 10.6 Å². The van der Waals surface area contributed by atoms with Gasteiger partial charge in [-0.15, -0.1) is 11.8 Å². The average Bonchev–Trinajstić information content (AvgIpc) is 3.48. The number of halogens is 2. The molecule has 3 fully saturated rings. The molecule has 2 aromatic carbocycles. The van der Waals surface area contributed by atoms with E-state index in [1.165, 1.54) is 0 Å². The summed E-state index contributed by atoms with van der Waals surface area (Å²) in [4.78, 5) is 43.0. The predicted octanol–water partition coefficient (Wildman–Crippen LogP) is 3.83. The summed E-state index contributed by atoms with van der Waals surface area (Å²) in [5.41, 5.74) is 1.47. The van der Waals surface area contributed by atoms with E-state index in [0.29, 0.717) is 43.1 Å². The van der Waals surface area contributed by atoms with Gasteiger partial charge in [-0.1, -0.05) is 70.0 Å². The average molecular weight is 607 g/mol. The minimum absolute atomic E-state index is 0.00188. The second-order valence-corrected chi connectivity index (χ2v) is 12.9. The molecule has 10 heteroatoms. The first-order valence-electron chi connectivity index (χ1n) is 12.5. The first-order chi connectivity index (χ1) is 17.9. The normalized spacial score (nSPS) is 29.9. The number of likely N-dealkylation sites (tertiary alicyclic amines) is 1. The zero-order valence-corrected chi connectivity index (χ0v) is 23.3. The van der Waals surface area contributed by atoms with E-state index >= 15 is 0 Å². The lowest BCUT2D eigenvalue weighted by atomic mass is 9.70. The zero-order chi connectivity index (χ0) is 26.2. The third-order valence-electron chi connectivity index (χ3n) is 7.59. The second-order valence-electron chi connectivity index (χ2n) is 9.80. The molecular weight excluding hydrogens is 578 g/mol. The summed E-state index contributed by atoms with van der Waals surface area (Å²) in [5, 5.41) is 15.6. The molecule has 7 nitrogen and oxygen atoms in total. The maximum atomic E-state index is 13.9. The van der Waals surface area contributed by atoms with Crippen LogP contribution in [0, 0.1) is 11.8 Å². The van der Waals surface area contributed by atoms with Gasteiger partial charge in [-0.2, -0.15) is 0 Å². The SMILES string of the molecule is O=C(Nc1ccccc1Cl)C1N(CCCCO)C(=O)[C@@H]2[C@@H](C(=O)NCc3ccccc3)[C@@H]3SC12CC3Br. The summed E-state index contributed by atoms with van der Waals surface area (Å²) in [6.07, 6.45) is 1.70. The maximum Gasteiger partial charge on any atom is 0.248 e. The van der Waals surface area contributed by atoms with Gasteiger partial charge in [0.15, 0.2) is 0 Å². The fourth-order valence-corrected chi connectivity index (χ4v) is 9.83. The molecule has 3 saturated heterocycles. The number of anilines is 1. The fraction of sp³-hybridized carbons (Fsp3) is 0.444. The Hall–Kier alpha value is -2.07. The van der Waals surface area contributed by atoms with Crippen molar-refractivity contribution in [1.29, 1.82) is 0 Å². The van der Waals surface area contributed by atoms with E-state index in [0.717, 1.165) is 5.56 Å². The van der Waals surface area contributed by atoms with Crippen LogP contribution in [-0.2, 0) is 20.9 Å². The van der Waals surface area contributed by atoms with Crippen LogP contribution in [0.4, 0.5) is 5.69 Å². The van der Waals surface area contributed by atoms with Crippen molar-refractivity contribution in [3.63, 3.8) is 0 Å². The molecule has 1 spiro atoms. The highest BCUT2D eigenvalue weighted by atomic mass is 79.9. The van der Waals surface area contributed by atoms with Crippen LogP contribution in [0.2, 0.25) is 5.02 Å². The number of nitrogens with zero attached hydrogens (tertiary/aromatic N) is 1. The monoisotopic (exact) mass is 605 g/mol. The van der Waals surface area contributed by atoms with Gasteiger partial charge in [-0.3, -0.25) is 14.4 Å². The molecule has 0 aliphatic carbocycles. The molecule has 0 radical (unpaired) electrons. The molecule has 0 aromatic heterocycles. The lowest BCUT2D eigenvalue weighted by Gasteiger charge is -2.35. The van der Waals surface area contributed by atoms with E-state index in [4.69, 9.17) is 11.6 Å². The summed E-state index contributed by atoms with van der Waals surface area (Å²) in [6.45, 7) is 0.734. The van der Waals surface area contributed by atoms with Gasteiger partial charge in [0.2, 0.25) is 17.7 Å². The number of hydrogen-bond acceptors (Lipinski definition) is 5. The van der Waals surface area contributed by atoms with E-state index in [-0.39, 0.29) is 34.4 Å². The van der Waals surface area contributed by atoms with E-state index in [1.807, 2.05) is 30.3 Å². The van der Waals surface area contributed by atoms with Crippen molar-refractivity contribution >= 4 is 62.7 Å². The fourth-order valence-electron chi connectivity index (χ4n) is 6.03. The number of alkyl halides is 1. The number of aliphatic hydroxyl groups is 1. The molecule has 3 N–H and O–H groups in total. The molecule has 0 saturated carbocycles.